The molecule has 2 heteroatoms. The monoisotopic (exact) mass is 252 g/mol. The van der Waals surface area contributed by atoms with Crippen LogP contribution < -0.4 is 4.74 Å². The van der Waals surface area contributed by atoms with Crippen LogP contribution in [0.25, 0.3) is 0 Å². The van der Waals surface area contributed by atoms with Gasteiger partial charge in [0.25, 0.3) is 0 Å². The summed E-state index contributed by atoms with van der Waals surface area (Å²) in [5.74, 6) is 0.873. The molecule has 2 aromatic carbocycles. The molecule has 0 saturated carbocycles. The maximum Gasteiger partial charge on any atom is 0.221 e. The summed E-state index contributed by atoms with van der Waals surface area (Å²) in [6, 6.07) is 18.8. The lowest BCUT2D eigenvalue weighted by atomic mass is 9.88. The molecule has 1 fully saturated rings. The molecule has 0 bridgehead atoms. The van der Waals surface area contributed by atoms with Gasteiger partial charge in [-0.05, 0) is 18.1 Å². The van der Waals surface area contributed by atoms with Crippen molar-refractivity contribution in [3.8, 4) is 5.75 Å². The highest BCUT2D eigenvalue weighted by Gasteiger charge is 2.52. The van der Waals surface area contributed by atoms with Crippen LogP contribution in [-0.2, 0) is 11.2 Å². The van der Waals surface area contributed by atoms with Crippen molar-refractivity contribution in [3.05, 3.63) is 65.7 Å². The number of benzene rings is 2. The molecule has 2 aliphatic heterocycles. The van der Waals surface area contributed by atoms with Gasteiger partial charge in [-0.3, -0.25) is 0 Å². The highest BCUT2D eigenvalue weighted by atomic mass is 16.7. The van der Waals surface area contributed by atoms with Gasteiger partial charge in [0, 0.05) is 12.0 Å². The Morgan fingerprint density at radius 3 is 2.68 bits per heavy atom. The second-order valence-electron chi connectivity index (χ2n) is 5.30. The number of rotatable bonds is 2. The third-order valence-corrected chi connectivity index (χ3v) is 4.15. The van der Waals surface area contributed by atoms with Crippen molar-refractivity contribution in [1.29, 1.82) is 0 Å². The molecule has 19 heavy (non-hydrogen) atoms. The minimum atomic E-state index is -0.481. The average molecular weight is 252 g/mol. The Labute approximate surface area is 113 Å². The molecule has 0 aromatic heterocycles. The molecule has 1 saturated heterocycles. The predicted octanol–water partition coefficient (Wildman–Crippen LogP) is 3.52. The standard InChI is InChI=1S/C17H16O2/c1-2-6-13(7-3-1)12-17-15(10-11-18-17)14-8-4-5-9-16(14)19-17/h1-9,15H,10-12H2/t15-,17+/m0/s1. The molecule has 4 rings (SSSR count). The molecule has 2 atom stereocenters. The lowest BCUT2D eigenvalue weighted by Crippen LogP contribution is -2.38. The second kappa shape index (κ2) is 4.10. The van der Waals surface area contributed by atoms with E-state index in [9.17, 15) is 0 Å². The highest BCUT2D eigenvalue weighted by Crippen LogP contribution is 2.51. The molecule has 0 amide bonds. The van der Waals surface area contributed by atoms with Crippen LogP contribution in [0.1, 0.15) is 23.5 Å². The van der Waals surface area contributed by atoms with E-state index in [0.717, 1.165) is 25.2 Å². The van der Waals surface area contributed by atoms with Crippen LogP contribution >= 0.6 is 0 Å². The topological polar surface area (TPSA) is 18.5 Å². The Hall–Kier alpha value is -1.80. The summed E-state index contributed by atoms with van der Waals surface area (Å²) >= 11 is 0. The van der Waals surface area contributed by atoms with E-state index in [0.29, 0.717) is 5.92 Å². The van der Waals surface area contributed by atoms with Gasteiger partial charge in [0.15, 0.2) is 0 Å². The van der Waals surface area contributed by atoms with Crippen molar-refractivity contribution in [3.63, 3.8) is 0 Å². The molecular weight excluding hydrogens is 236 g/mol. The van der Waals surface area contributed by atoms with E-state index in [1.807, 2.05) is 18.2 Å². The van der Waals surface area contributed by atoms with E-state index < -0.39 is 5.79 Å². The minimum Gasteiger partial charge on any atom is -0.461 e. The fraction of sp³-hybridized carbons (Fsp3) is 0.294. The zero-order valence-electron chi connectivity index (χ0n) is 10.7. The van der Waals surface area contributed by atoms with Crippen LogP contribution in [0.2, 0.25) is 0 Å². The van der Waals surface area contributed by atoms with E-state index >= 15 is 0 Å². The quantitative estimate of drug-likeness (QED) is 0.814. The van der Waals surface area contributed by atoms with Gasteiger partial charge in [0.05, 0.1) is 12.5 Å². The van der Waals surface area contributed by atoms with Crippen molar-refractivity contribution in [1.82, 2.24) is 0 Å². The van der Waals surface area contributed by atoms with E-state index in [4.69, 9.17) is 9.47 Å². The molecule has 2 aliphatic rings. The largest absolute Gasteiger partial charge is 0.461 e. The number of ether oxygens (including phenoxy) is 2. The Bertz CT molecular complexity index is 593. The summed E-state index contributed by atoms with van der Waals surface area (Å²) in [6.45, 7) is 0.784. The minimum absolute atomic E-state index is 0.365. The Morgan fingerprint density at radius 1 is 1.00 bits per heavy atom. The predicted molar refractivity (Wildman–Crippen MR) is 73.3 cm³/mol. The number of para-hydroxylation sites is 1. The fourth-order valence-corrected chi connectivity index (χ4v) is 3.30. The van der Waals surface area contributed by atoms with Crippen LogP contribution in [0, 0.1) is 0 Å². The first-order valence-electron chi connectivity index (χ1n) is 6.83. The van der Waals surface area contributed by atoms with E-state index in [1.54, 1.807) is 0 Å². The van der Waals surface area contributed by atoms with Crippen LogP contribution in [-0.4, -0.2) is 12.4 Å². The lowest BCUT2D eigenvalue weighted by molar-refractivity contribution is -0.144. The van der Waals surface area contributed by atoms with E-state index in [2.05, 4.69) is 36.4 Å². The third kappa shape index (κ3) is 1.67. The zero-order valence-corrected chi connectivity index (χ0v) is 10.7. The highest BCUT2D eigenvalue weighted by molar-refractivity contribution is 5.43. The average Bonchev–Trinajstić information content (AvgIpc) is 2.95. The lowest BCUT2D eigenvalue weighted by Gasteiger charge is -2.28. The van der Waals surface area contributed by atoms with Gasteiger partial charge < -0.3 is 9.47 Å². The summed E-state index contributed by atoms with van der Waals surface area (Å²) in [5, 5.41) is 0. The van der Waals surface area contributed by atoms with Crippen LogP contribution in [0.3, 0.4) is 0 Å². The van der Waals surface area contributed by atoms with Crippen molar-refractivity contribution in [2.75, 3.05) is 6.61 Å². The second-order valence-corrected chi connectivity index (χ2v) is 5.30. The maximum atomic E-state index is 6.20. The number of fused-ring (bicyclic) bond motifs is 3. The first-order valence-corrected chi connectivity index (χ1v) is 6.83. The van der Waals surface area contributed by atoms with Crippen LogP contribution in [0.5, 0.6) is 5.75 Å². The molecule has 96 valence electrons. The van der Waals surface area contributed by atoms with Crippen LogP contribution in [0.15, 0.2) is 54.6 Å². The molecule has 2 heterocycles. The first-order chi connectivity index (χ1) is 9.37. The van der Waals surface area contributed by atoms with Crippen molar-refractivity contribution < 1.29 is 9.47 Å². The van der Waals surface area contributed by atoms with E-state index in [-0.39, 0.29) is 0 Å². The molecule has 2 nitrogen and oxygen atoms in total. The fourth-order valence-electron chi connectivity index (χ4n) is 3.30. The number of hydrogen-bond acceptors (Lipinski definition) is 2. The molecule has 2 aromatic rings. The molecule has 0 N–H and O–H groups in total. The van der Waals surface area contributed by atoms with Gasteiger partial charge in [-0.25, -0.2) is 0 Å². The van der Waals surface area contributed by atoms with Gasteiger partial charge in [-0.1, -0.05) is 48.5 Å². The SMILES string of the molecule is c1ccc(C[C@]23OCC[C@H]2c2ccccc2O3)cc1. The Kier molecular flexibility index (Phi) is 2.39. The summed E-state index contributed by atoms with van der Waals surface area (Å²) in [6.07, 6.45) is 1.86. The zero-order chi connectivity index (χ0) is 12.7. The summed E-state index contributed by atoms with van der Waals surface area (Å²) in [4.78, 5) is 0. The third-order valence-electron chi connectivity index (χ3n) is 4.15. The molecule has 0 aliphatic carbocycles. The molecule has 0 spiro atoms. The van der Waals surface area contributed by atoms with Crippen molar-refractivity contribution >= 4 is 0 Å². The van der Waals surface area contributed by atoms with Gasteiger partial charge in [0.1, 0.15) is 5.75 Å². The number of hydrogen-bond donors (Lipinski definition) is 0. The van der Waals surface area contributed by atoms with E-state index in [1.165, 1.54) is 11.1 Å². The summed E-state index contributed by atoms with van der Waals surface area (Å²) < 4.78 is 12.2. The van der Waals surface area contributed by atoms with Gasteiger partial charge in [0.2, 0.25) is 5.79 Å². The smallest absolute Gasteiger partial charge is 0.221 e. The van der Waals surface area contributed by atoms with Gasteiger partial charge >= 0.3 is 0 Å². The van der Waals surface area contributed by atoms with Crippen molar-refractivity contribution in [2.24, 2.45) is 0 Å². The van der Waals surface area contributed by atoms with Gasteiger partial charge in [-0.2, -0.15) is 0 Å². The maximum absolute atomic E-state index is 6.20. The Morgan fingerprint density at radius 2 is 1.79 bits per heavy atom. The molecular formula is C17H16O2. The summed E-state index contributed by atoms with van der Waals surface area (Å²) in [7, 11) is 0. The Balaban J connectivity index is 1.71. The summed E-state index contributed by atoms with van der Waals surface area (Å²) in [5.41, 5.74) is 2.57. The van der Waals surface area contributed by atoms with Crippen molar-refractivity contribution in [2.45, 2.75) is 24.5 Å². The normalized spacial score (nSPS) is 27.7. The first kappa shape index (κ1) is 11.1. The van der Waals surface area contributed by atoms with Gasteiger partial charge in [-0.15, -0.1) is 0 Å². The molecule has 0 radical (unpaired) electrons. The molecule has 0 unspecified atom stereocenters. The van der Waals surface area contributed by atoms with Crippen LogP contribution in [0.4, 0.5) is 0 Å².